The Balaban J connectivity index is 1.58. The van der Waals surface area contributed by atoms with Gasteiger partial charge in [0.25, 0.3) is 0 Å². The van der Waals surface area contributed by atoms with Crippen molar-refractivity contribution in [3.05, 3.63) is 40.2 Å². The third-order valence-electron chi connectivity index (χ3n) is 5.65. The molecule has 1 amide bonds. The molecule has 1 saturated carbocycles. The molecule has 31 heavy (non-hydrogen) atoms. The van der Waals surface area contributed by atoms with Crippen LogP contribution in [0.4, 0.5) is 0 Å². The fourth-order valence-electron chi connectivity index (χ4n) is 3.82. The maximum absolute atomic E-state index is 12.6. The molecule has 168 valence electrons. The lowest BCUT2D eigenvalue weighted by Gasteiger charge is -2.29. The first kappa shape index (κ1) is 23.5. The van der Waals surface area contributed by atoms with E-state index in [-0.39, 0.29) is 23.8 Å². The molecule has 1 aromatic heterocycles. The van der Waals surface area contributed by atoms with Crippen molar-refractivity contribution < 1.29 is 23.8 Å². The standard InChI is InChI=1S/C23H29BrN2O5/c1-13(2)20(23(28)29)26-21(27)15-6-5-9-18(11-15)30-12-19-14(3)31-22(25-19)16-7-4-8-17(24)10-16/h4,7-8,10,13,15,18,20H,5-6,9,11-12H2,1-3H3,(H,26,27)(H,28,29)/t15?,18?,20-/m1/s1. The summed E-state index contributed by atoms with van der Waals surface area (Å²) in [6, 6.07) is 6.88. The highest BCUT2D eigenvalue weighted by atomic mass is 79.9. The molecule has 0 aliphatic heterocycles. The lowest BCUT2D eigenvalue weighted by Crippen LogP contribution is -2.47. The van der Waals surface area contributed by atoms with Crippen LogP contribution < -0.4 is 5.32 Å². The molecule has 1 fully saturated rings. The Labute approximate surface area is 190 Å². The molecule has 1 heterocycles. The number of carboxylic acids is 1. The van der Waals surface area contributed by atoms with Gasteiger partial charge in [0, 0.05) is 16.0 Å². The van der Waals surface area contributed by atoms with E-state index in [4.69, 9.17) is 9.15 Å². The molecule has 0 saturated heterocycles. The summed E-state index contributed by atoms with van der Waals surface area (Å²) in [5.41, 5.74) is 1.63. The normalized spacial score (nSPS) is 19.9. The number of nitrogens with one attached hydrogen (secondary N) is 1. The number of aliphatic carboxylic acids is 1. The van der Waals surface area contributed by atoms with Gasteiger partial charge in [0.15, 0.2) is 0 Å². The number of carbonyl (C=O) groups is 2. The second kappa shape index (κ2) is 10.4. The van der Waals surface area contributed by atoms with Gasteiger partial charge in [-0.25, -0.2) is 9.78 Å². The Morgan fingerprint density at radius 3 is 2.81 bits per heavy atom. The maximum atomic E-state index is 12.6. The SMILES string of the molecule is Cc1oc(-c2cccc(Br)c2)nc1COC1CCCC(C(=O)N[C@@H](C(=O)O)C(C)C)C1. The number of aryl methyl sites for hydroxylation is 1. The second-order valence-corrected chi connectivity index (χ2v) is 9.31. The van der Waals surface area contributed by atoms with E-state index in [9.17, 15) is 14.7 Å². The first-order valence-corrected chi connectivity index (χ1v) is 11.4. The number of hydrogen-bond acceptors (Lipinski definition) is 5. The van der Waals surface area contributed by atoms with Gasteiger partial charge in [-0.15, -0.1) is 0 Å². The van der Waals surface area contributed by atoms with Crippen LogP contribution in [0.15, 0.2) is 33.2 Å². The molecule has 8 heteroatoms. The number of benzene rings is 1. The average Bonchev–Trinajstić information content (AvgIpc) is 3.10. The fraction of sp³-hybridized carbons (Fsp3) is 0.522. The van der Waals surface area contributed by atoms with E-state index in [1.807, 2.05) is 31.2 Å². The van der Waals surface area contributed by atoms with Crippen LogP contribution in [-0.4, -0.2) is 34.1 Å². The lowest BCUT2D eigenvalue weighted by atomic mass is 9.86. The van der Waals surface area contributed by atoms with E-state index in [1.54, 1.807) is 13.8 Å². The molecule has 1 aromatic carbocycles. The maximum Gasteiger partial charge on any atom is 0.326 e. The number of nitrogens with zero attached hydrogens (tertiary/aromatic N) is 1. The Bertz CT molecular complexity index is 926. The number of halogens is 1. The van der Waals surface area contributed by atoms with Gasteiger partial charge in [0.2, 0.25) is 11.8 Å². The molecule has 3 rings (SSSR count). The summed E-state index contributed by atoms with van der Waals surface area (Å²) >= 11 is 3.46. The third-order valence-corrected chi connectivity index (χ3v) is 6.14. The van der Waals surface area contributed by atoms with Gasteiger partial charge in [0.1, 0.15) is 17.5 Å². The Morgan fingerprint density at radius 2 is 2.13 bits per heavy atom. The Hall–Kier alpha value is -2.19. The van der Waals surface area contributed by atoms with Gasteiger partial charge in [-0.05, 0) is 50.3 Å². The van der Waals surface area contributed by atoms with Crippen molar-refractivity contribution in [1.82, 2.24) is 10.3 Å². The van der Waals surface area contributed by atoms with E-state index in [0.29, 0.717) is 24.7 Å². The zero-order valence-corrected chi connectivity index (χ0v) is 19.6. The first-order chi connectivity index (χ1) is 14.7. The number of rotatable bonds is 8. The molecule has 2 unspecified atom stereocenters. The van der Waals surface area contributed by atoms with E-state index in [1.165, 1.54) is 0 Å². The molecule has 0 radical (unpaired) electrons. The molecule has 1 aliphatic carbocycles. The summed E-state index contributed by atoms with van der Waals surface area (Å²) in [4.78, 5) is 28.6. The Morgan fingerprint density at radius 1 is 1.35 bits per heavy atom. The monoisotopic (exact) mass is 492 g/mol. The molecule has 0 spiro atoms. The third kappa shape index (κ3) is 6.17. The van der Waals surface area contributed by atoms with Crippen LogP contribution in [0.25, 0.3) is 11.5 Å². The van der Waals surface area contributed by atoms with Crippen LogP contribution in [0, 0.1) is 18.8 Å². The molecular weight excluding hydrogens is 464 g/mol. The fourth-order valence-corrected chi connectivity index (χ4v) is 4.22. The molecular formula is C23H29BrN2O5. The smallest absolute Gasteiger partial charge is 0.326 e. The van der Waals surface area contributed by atoms with Gasteiger partial charge in [-0.2, -0.15) is 0 Å². The molecule has 0 bridgehead atoms. The number of hydrogen-bond donors (Lipinski definition) is 2. The zero-order valence-electron chi connectivity index (χ0n) is 18.1. The van der Waals surface area contributed by atoms with Crippen LogP contribution in [0.2, 0.25) is 0 Å². The number of aromatic nitrogens is 1. The summed E-state index contributed by atoms with van der Waals surface area (Å²) < 4.78 is 12.8. The summed E-state index contributed by atoms with van der Waals surface area (Å²) in [7, 11) is 0. The van der Waals surface area contributed by atoms with Crippen LogP contribution in [0.3, 0.4) is 0 Å². The van der Waals surface area contributed by atoms with Crippen molar-refractivity contribution in [2.24, 2.45) is 11.8 Å². The second-order valence-electron chi connectivity index (χ2n) is 8.40. The first-order valence-electron chi connectivity index (χ1n) is 10.6. The van der Waals surface area contributed by atoms with Crippen molar-refractivity contribution in [1.29, 1.82) is 0 Å². The average molecular weight is 493 g/mol. The quantitative estimate of drug-likeness (QED) is 0.552. The molecule has 2 N–H and O–H groups in total. The minimum Gasteiger partial charge on any atom is -0.480 e. The number of carboxylic acid groups (broad SMARTS) is 1. The summed E-state index contributed by atoms with van der Waals surface area (Å²) in [6.07, 6.45) is 2.98. The highest BCUT2D eigenvalue weighted by molar-refractivity contribution is 9.10. The van der Waals surface area contributed by atoms with Crippen LogP contribution in [-0.2, 0) is 20.9 Å². The van der Waals surface area contributed by atoms with Crippen molar-refractivity contribution in [2.75, 3.05) is 0 Å². The van der Waals surface area contributed by atoms with Gasteiger partial charge in [-0.1, -0.05) is 42.3 Å². The van der Waals surface area contributed by atoms with Crippen molar-refractivity contribution >= 4 is 27.8 Å². The number of ether oxygens (including phenoxy) is 1. The predicted molar refractivity (Wildman–Crippen MR) is 119 cm³/mol. The van der Waals surface area contributed by atoms with Gasteiger partial charge < -0.3 is 19.6 Å². The van der Waals surface area contributed by atoms with Gasteiger partial charge in [0.05, 0.1) is 12.7 Å². The highest BCUT2D eigenvalue weighted by Gasteiger charge is 2.31. The summed E-state index contributed by atoms with van der Waals surface area (Å²) in [5, 5.41) is 12.0. The lowest BCUT2D eigenvalue weighted by molar-refractivity contribution is -0.144. The van der Waals surface area contributed by atoms with E-state index in [2.05, 4.69) is 26.2 Å². The highest BCUT2D eigenvalue weighted by Crippen LogP contribution is 2.29. The molecule has 2 aromatic rings. The molecule has 3 atom stereocenters. The van der Waals surface area contributed by atoms with E-state index < -0.39 is 12.0 Å². The molecule has 7 nitrogen and oxygen atoms in total. The van der Waals surface area contributed by atoms with Crippen LogP contribution >= 0.6 is 15.9 Å². The largest absolute Gasteiger partial charge is 0.480 e. The number of amides is 1. The topological polar surface area (TPSA) is 102 Å². The van der Waals surface area contributed by atoms with E-state index >= 15 is 0 Å². The van der Waals surface area contributed by atoms with Crippen molar-refractivity contribution in [3.8, 4) is 11.5 Å². The summed E-state index contributed by atoms with van der Waals surface area (Å²) in [6.45, 7) is 5.75. The predicted octanol–water partition coefficient (Wildman–Crippen LogP) is 4.71. The zero-order chi connectivity index (χ0) is 22.5. The van der Waals surface area contributed by atoms with Crippen molar-refractivity contribution in [3.63, 3.8) is 0 Å². The summed E-state index contributed by atoms with van der Waals surface area (Å²) in [5.74, 6) is -0.367. The Kier molecular flexibility index (Phi) is 7.89. The van der Waals surface area contributed by atoms with Gasteiger partial charge >= 0.3 is 5.97 Å². The number of oxazole rings is 1. The van der Waals surface area contributed by atoms with Crippen molar-refractivity contribution in [2.45, 2.75) is 65.2 Å². The van der Waals surface area contributed by atoms with Gasteiger partial charge in [-0.3, -0.25) is 4.79 Å². The molecule has 1 aliphatic rings. The minimum absolute atomic E-state index is 0.0720. The van der Waals surface area contributed by atoms with Crippen LogP contribution in [0.5, 0.6) is 0 Å². The number of carbonyl (C=O) groups excluding carboxylic acids is 1. The van der Waals surface area contributed by atoms with Crippen LogP contribution in [0.1, 0.15) is 51.0 Å². The minimum atomic E-state index is -1.00. The van der Waals surface area contributed by atoms with E-state index in [0.717, 1.165) is 35.0 Å².